The van der Waals surface area contributed by atoms with Crippen LogP contribution in [0.2, 0.25) is 0 Å². The zero-order valence-corrected chi connectivity index (χ0v) is 14.4. The molecule has 0 aliphatic carbocycles. The molecule has 0 radical (unpaired) electrons. The number of sulfonamides is 1. The highest BCUT2D eigenvalue weighted by atomic mass is 32.2. The number of carbonyl (C=O) groups excluding carboxylic acids is 1. The molecule has 0 saturated carbocycles. The molecule has 0 fully saturated rings. The van der Waals surface area contributed by atoms with Gasteiger partial charge < -0.3 is 10.6 Å². The van der Waals surface area contributed by atoms with E-state index in [0.717, 1.165) is 4.31 Å². The Bertz CT molecular complexity index is 976. The maximum atomic E-state index is 12.7. The average Bonchev–Trinajstić information content (AvgIpc) is 2.59. The highest BCUT2D eigenvalue weighted by molar-refractivity contribution is 7.89. The Morgan fingerprint density at radius 3 is 2.62 bits per heavy atom. The van der Waals surface area contributed by atoms with Crippen LogP contribution in [0.15, 0.2) is 53.4 Å². The molecule has 2 N–H and O–H groups in total. The molecule has 0 atom stereocenters. The summed E-state index contributed by atoms with van der Waals surface area (Å²) in [5.74, 6) is -0.761. The summed E-state index contributed by atoms with van der Waals surface area (Å²) in [5.41, 5.74) is 6.25. The number of nitro benzene ring substituents is 1. The Labute approximate surface area is 149 Å². The van der Waals surface area contributed by atoms with Crippen molar-refractivity contribution in [2.45, 2.75) is 11.4 Å². The number of fused-ring (bicyclic) bond motifs is 1. The molecule has 9 nitrogen and oxygen atoms in total. The van der Waals surface area contributed by atoms with Crippen LogP contribution in [-0.2, 0) is 21.4 Å². The van der Waals surface area contributed by atoms with Gasteiger partial charge in [-0.15, -0.1) is 0 Å². The maximum absolute atomic E-state index is 12.7. The molecule has 1 heterocycles. The molecule has 0 unspecified atom stereocenters. The molecule has 136 valence electrons. The van der Waals surface area contributed by atoms with E-state index in [0.29, 0.717) is 11.3 Å². The van der Waals surface area contributed by atoms with E-state index in [2.05, 4.69) is 0 Å². The first-order chi connectivity index (χ1) is 12.3. The number of hydrogen-bond acceptors (Lipinski definition) is 6. The van der Waals surface area contributed by atoms with Gasteiger partial charge in [-0.05, 0) is 17.7 Å². The number of carbonyl (C=O) groups is 1. The third-order valence-corrected chi connectivity index (χ3v) is 5.80. The van der Waals surface area contributed by atoms with Crippen LogP contribution in [0, 0.1) is 10.1 Å². The molecule has 26 heavy (non-hydrogen) atoms. The van der Waals surface area contributed by atoms with Crippen molar-refractivity contribution in [3.05, 3.63) is 64.2 Å². The normalized spacial score (nSPS) is 16.1. The third kappa shape index (κ3) is 3.37. The van der Waals surface area contributed by atoms with Crippen molar-refractivity contribution in [2.75, 3.05) is 18.1 Å². The first-order valence-electron chi connectivity index (χ1n) is 7.65. The predicted octanol–water partition coefficient (Wildman–Crippen LogP) is 1.05. The lowest BCUT2D eigenvalue weighted by Crippen LogP contribution is -2.49. The van der Waals surface area contributed by atoms with Crippen LogP contribution < -0.4 is 10.6 Å². The highest BCUT2D eigenvalue weighted by Gasteiger charge is 2.35. The quantitative estimate of drug-likeness (QED) is 0.614. The fourth-order valence-electron chi connectivity index (χ4n) is 2.85. The van der Waals surface area contributed by atoms with Crippen molar-refractivity contribution in [2.24, 2.45) is 5.73 Å². The first-order valence-corrected chi connectivity index (χ1v) is 9.09. The summed E-state index contributed by atoms with van der Waals surface area (Å²) >= 11 is 0. The lowest BCUT2D eigenvalue weighted by Gasteiger charge is -2.37. The van der Waals surface area contributed by atoms with Crippen molar-refractivity contribution in [3.63, 3.8) is 0 Å². The lowest BCUT2D eigenvalue weighted by atomic mass is 10.2. The monoisotopic (exact) mass is 376 g/mol. The molecule has 0 aromatic heterocycles. The second-order valence-corrected chi connectivity index (χ2v) is 7.72. The predicted molar refractivity (Wildman–Crippen MR) is 93.7 cm³/mol. The van der Waals surface area contributed by atoms with Gasteiger partial charge in [-0.25, -0.2) is 8.42 Å². The number of rotatable bonds is 5. The summed E-state index contributed by atoms with van der Waals surface area (Å²) in [6.07, 6.45) is 0. The Morgan fingerprint density at radius 1 is 1.19 bits per heavy atom. The van der Waals surface area contributed by atoms with Crippen molar-refractivity contribution >= 4 is 27.3 Å². The molecule has 0 spiro atoms. The van der Waals surface area contributed by atoms with Crippen molar-refractivity contribution in [1.82, 2.24) is 4.31 Å². The van der Waals surface area contributed by atoms with Crippen molar-refractivity contribution in [3.8, 4) is 0 Å². The summed E-state index contributed by atoms with van der Waals surface area (Å²) in [4.78, 5) is 23.5. The van der Waals surface area contributed by atoms with Gasteiger partial charge >= 0.3 is 0 Å². The van der Waals surface area contributed by atoms with E-state index in [9.17, 15) is 23.3 Å². The largest absolute Gasteiger partial charge is 0.369 e. The molecule has 0 saturated heterocycles. The topological polar surface area (TPSA) is 127 Å². The minimum atomic E-state index is -3.84. The average molecular weight is 376 g/mol. The van der Waals surface area contributed by atoms with Crippen LogP contribution in [0.25, 0.3) is 0 Å². The smallest absolute Gasteiger partial charge is 0.269 e. The Morgan fingerprint density at radius 2 is 1.92 bits per heavy atom. The number of para-hydroxylation sites is 1. The Kier molecular flexibility index (Phi) is 4.62. The molecule has 0 bridgehead atoms. The molecule has 2 aromatic carbocycles. The van der Waals surface area contributed by atoms with E-state index in [1.54, 1.807) is 35.2 Å². The minimum Gasteiger partial charge on any atom is -0.369 e. The molecule has 1 aliphatic rings. The first kappa shape index (κ1) is 17.8. The van der Waals surface area contributed by atoms with E-state index in [-0.39, 0.29) is 23.8 Å². The zero-order chi connectivity index (χ0) is 18.9. The molecule has 2 aromatic rings. The Balaban J connectivity index is 2.00. The van der Waals surface area contributed by atoms with E-state index in [1.807, 2.05) is 0 Å². The van der Waals surface area contributed by atoms with Crippen LogP contribution in [0.1, 0.15) is 5.56 Å². The summed E-state index contributed by atoms with van der Waals surface area (Å²) in [6.45, 7) is -0.281. The van der Waals surface area contributed by atoms with Crippen molar-refractivity contribution < 1.29 is 18.1 Å². The fraction of sp³-hybridized carbons (Fsp3) is 0.188. The molecular weight excluding hydrogens is 360 g/mol. The van der Waals surface area contributed by atoms with Gasteiger partial charge in [-0.1, -0.05) is 24.3 Å². The number of nitrogens with zero attached hydrogens (tertiary/aromatic N) is 3. The molecule has 3 rings (SSSR count). The van der Waals surface area contributed by atoms with Gasteiger partial charge in [0.2, 0.25) is 15.9 Å². The standard InChI is InChI=1S/C16H16N4O5S/c17-16(21)10-19-11-18(9-12-4-3-5-13(8-12)20(22)23)14-6-1-2-7-15(14)26(19,24)25/h1-8H,9-11H2,(H2,17,21). The number of benzene rings is 2. The van der Waals surface area contributed by atoms with Crippen LogP contribution in [0.5, 0.6) is 0 Å². The summed E-state index contributed by atoms with van der Waals surface area (Å²) in [5, 5.41) is 11.0. The fourth-order valence-corrected chi connectivity index (χ4v) is 4.43. The number of primary amides is 1. The van der Waals surface area contributed by atoms with Gasteiger partial charge in [0.1, 0.15) is 4.90 Å². The van der Waals surface area contributed by atoms with Gasteiger partial charge in [0, 0.05) is 18.7 Å². The SMILES string of the molecule is NC(=O)CN1CN(Cc2cccc([N+](=O)[O-])c2)c2ccccc2S1(=O)=O. The third-order valence-electron chi connectivity index (χ3n) is 3.98. The zero-order valence-electron chi connectivity index (χ0n) is 13.6. The van der Waals surface area contributed by atoms with E-state index < -0.39 is 27.4 Å². The van der Waals surface area contributed by atoms with Crippen LogP contribution >= 0.6 is 0 Å². The summed E-state index contributed by atoms with van der Waals surface area (Å²) in [7, 11) is -3.84. The highest BCUT2D eigenvalue weighted by Crippen LogP contribution is 2.34. The van der Waals surface area contributed by atoms with Gasteiger partial charge in [0.05, 0.1) is 23.8 Å². The summed E-state index contributed by atoms with van der Waals surface area (Å²) < 4.78 is 26.4. The van der Waals surface area contributed by atoms with Gasteiger partial charge in [-0.3, -0.25) is 14.9 Å². The van der Waals surface area contributed by atoms with Crippen LogP contribution in [-0.4, -0.2) is 36.8 Å². The number of nitrogens with two attached hydrogens (primary N) is 1. The van der Waals surface area contributed by atoms with Crippen LogP contribution in [0.4, 0.5) is 11.4 Å². The number of anilines is 1. The van der Waals surface area contributed by atoms with E-state index >= 15 is 0 Å². The van der Waals surface area contributed by atoms with E-state index in [1.165, 1.54) is 18.2 Å². The lowest BCUT2D eigenvalue weighted by molar-refractivity contribution is -0.384. The molecule has 10 heteroatoms. The van der Waals surface area contributed by atoms with E-state index in [4.69, 9.17) is 5.73 Å². The van der Waals surface area contributed by atoms with Crippen LogP contribution in [0.3, 0.4) is 0 Å². The van der Waals surface area contributed by atoms with Gasteiger partial charge in [-0.2, -0.15) is 4.31 Å². The minimum absolute atomic E-state index is 0.0468. The molecule has 1 amide bonds. The van der Waals surface area contributed by atoms with Gasteiger partial charge in [0.25, 0.3) is 5.69 Å². The number of amides is 1. The number of non-ortho nitro benzene ring substituents is 1. The number of hydrogen-bond donors (Lipinski definition) is 1. The van der Waals surface area contributed by atoms with Gasteiger partial charge in [0.15, 0.2) is 0 Å². The maximum Gasteiger partial charge on any atom is 0.269 e. The van der Waals surface area contributed by atoms with Crippen molar-refractivity contribution in [1.29, 1.82) is 0 Å². The molecular formula is C16H16N4O5S. The number of nitro groups is 1. The molecule has 1 aliphatic heterocycles. The second-order valence-electron chi connectivity index (χ2n) is 5.82. The summed E-state index contributed by atoms with van der Waals surface area (Å²) in [6, 6.07) is 12.5. The second kappa shape index (κ2) is 6.73. The Hall–Kier alpha value is -2.98.